The molecule has 0 bridgehead atoms. The summed E-state index contributed by atoms with van der Waals surface area (Å²) in [5, 5.41) is 6.15. The first-order valence-electron chi connectivity index (χ1n) is 12.0. The molecule has 0 amide bonds. The Bertz CT molecular complexity index is 1330. The summed E-state index contributed by atoms with van der Waals surface area (Å²) in [6.45, 7) is 2.76. The summed E-state index contributed by atoms with van der Waals surface area (Å²) in [7, 11) is -3.18. The molecule has 2 fully saturated rings. The maximum absolute atomic E-state index is 14.3. The molecule has 4 heterocycles. The SMILES string of the molecule is CS(=O)(=O)N1CCN(c2ccc(-c3cc4nccnc4c(NCC4CNCCC4(F)F)n3)cc2)CC1. The molecule has 9 nitrogen and oxygen atoms in total. The van der Waals surface area contributed by atoms with Crippen molar-refractivity contribution in [2.45, 2.75) is 12.3 Å². The van der Waals surface area contributed by atoms with Gasteiger partial charge < -0.3 is 15.5 Å². The fourth-order valence-corrected chi connectivity index (χ4v) is 5.52. The zero-order valence-electron chi connectivity index (χ0n) is 20.0. The highest BCUT2D eigenvalue weighted by molar-refractivity contribution is 7.88. The molecule has 0 spiro atoms. The number of benzene rings is 1. The van der Waals surface area contributed by atoms with Crippen molar-refractivity contribution < 1.29 is 17.2 Å². The van der Waals surface area contributed by atoms with Gasteiger partial charge in [0.1, 0.15) is 5.52 Å². The van der Waals surface area contributed by atoms with E-state index in [-0.39, 0.29) is 19.5 Å². The lowest BCUT2D eigenvalue weighted by atomic mass is 9.95. The largest absolute Gasteiger partial charge is 0.369 e. The predicted octanol–water partition coefficient (Wildman–Crippen LogP) is 2.43. The number of anilines is 2. The first-order valence-corrected chi connectivity index (χ1v) is 13.8. The standard InChI is InChI=1S/C24H29F2N7O2S/c1-36(34,35)33-12-10-32(11-13-33)19-4-2-17(3-5-19)20-14-21-22(29-9-8-28-21)23(31-20)30-16-18-15-27-7-6-24(18,25)26/h2-5,8-9,14,18,27H,6-7,10-13,15-16H2,1H3,(H,30,31). The highest BCUT2D eigenvalue weighted by Crippen LogP contribution is 2.32. The molecule has 0 radical (unpaired) electrons. The van der Waals surface area contributed by atoms with Crippen molar-refractivity contribution in [3.05, 3.63) is 42.7 Å². The van der Waals surface area contributed by atoms with Crippen LogP contribution in [0.5, 0.6) is 0 Å². The van der Waals surface area contributed by atoms with E-state index in [9.17, 15) is 17.2 Å². The van der Waals surface area contributed by atoms with Crippen molar-refractivity contribution in [2.75, 3.05) is 62.3 Å². The van der Waals surface area contributed by atoms with E-state index in [1.165, 1.54) is 10.6 Å². The lowest BCUT2D eigenvalue weighted by Crippen LogP contribution is -2.48. The molecule has 36 heavy (non-hydrogen) atoms. The zero-order chi connectivity index (χ0) is 25.3. The number of fused-ring (bicyclic) bond motifs is 1. The zero-order valence-corrected chi connectivity index (χ0v) is 20.8. The van der Waals surface area contributed by atoms with E-state index < -0.39 is 21.9 Å². The van der Waals surface area contributed by atoms with Gasteiger partial charge in [-0.3, -0.25) is 4.98 Å². The van der Waals surface area contributed by atoms with Gasteiger partial charge in [0.05, 0.1) is 23.4 Å². The van der Waals surface area contributed by atoms with E-state index in [0.29, 0.717) is 55.3 Å². The number of hydrogen-bond acceptors (Lipinski definition) is 8. The van der Waals surface area contributed by atoms with Crippen molar-refractivity contribution in [3.8, 4) is 11.3 Å². The highest BCUT2D eigenvalue weighted by atomic mass is 32.2. The molecular formula is C24H29F2N7O2S. The lowest BCUT2D eigenvalue weighted by Gasteiger charge is -2.34. The van der Waals surface area contributed by atoms with Crippen molar-refractivity contribution in [3.63, 3.8) is 0 Å². The first-order chi connectivity index (χ1) is 17.2. The number of hydrogen-bond donors (Lipinski definition) is 2. The number of pyridine rings is 1. The normalized spacial score (nSPS) is 21.0. The number of nitrogens with one attached hydrogen (secondary N) is 2. The Morgan fingerprint density at radius 1 is 1.11 bits per heavy atom. The van der Waals surface area contributed by atoms with Crippen molar-refractivity contribution in [1.82, 2.24) is 24.6 Å². The van der Waals surface area contributed by atoms with E-state index >= 15 is 0 Å². The number of halogens is 2. The molecule has 2 aliphatic rings. The van der Waals surface area contributed by atoms with Gasteiger partial charge in [-0.2, -0.15) is 4.31 Å². The fraction of sp³-hybridized carbons (Fsp3) is 0.458. The van der Waals surface area contributed by atoms with Crippen LogP contribution in [-0.4, -0.2) is 85.7 Å². The van der Waals surface area contributed by atoms with Crippen LogP contribution in [0, 0.1) is 5.92 Å². The fourth-order valence-electron chi connectivity index (χ4n) is 4.69. The Morgan fingerprint density at radius 3 is 2.53 bits per heavy atom. The third-order valence-corrected chi connectivity index (χ3v) is 8.13. The molecule has 5 rings (SSSR count). The van der Waals surface area contributed by atoms with Crippen LogP contribution in [-0.2, 0) is 10.0 Å². The molecular weight excluding hydrogens is 488 g/mol. The second kappa shape index (κ2) is 9.83. The van der Waals surface area contributed by atoms with Gasteiger partial charge in [0.25, 0.3) is 5.92 Å². The minimum atomic E-state index is -3.18. The average Bonchev–Trinajstić information content (AvgIpc) is 2.87. The average molecular weight is 518 g/mol. The van der Waals surface area contributed by atoms with Gasteiger partial charge in [0.2, 0.25) is 10.0 Å². The maximum Gasteiger partial charge on any atom is 0.255 e. The molecule has 0 saturated carbocycles. The third-order valence-electron chi connectivity index (χ3n) is 6.83. The molecule has 1 unspecified atom stereocenters. The van der Waals surface area contributed by atoms with Crippen LogP contribution in [0.15, 0.2) is 42.7 Å². The van der Waals surface area contributed by atoms with E-state index in [0.717, 1.165) is 11.3 Å². The van der Waals surface area contributed by atoms with Crippen LogP contribution in [0.4, 0.5) is 20.3 Å². The molecule has 2 aromatic heterocycles. The molecule has 192 valence electrons. The molecule has 2 N–H and O–H groups in total. The van der Waals surface area contributed by atoms with Crippen LogP contribution >= 0.6 is 0 Å². The second-order valence-electron chi connectivity index (χ2n) is 9.27. The molecule has 12 heteroatoms. The van der Waals surface area contributed by atoms with E-state index in [4.69, 9.17) is 4.98 Å². The maximum atomic E-state index is 14.3. The Hall–Kier alpha value is -2.96. The summed E-state index contributed by atoms with van der Waals surface area (Å²) in [6, 6.07) is 9.70. The van der Waals surface area contributed by atoms with Gasteiger partial charge in [-0.15, -0.1) is 0 Å². The van der Waals surface area contributed by atoms with Gasteiger partial charge >= 0.3 is 0 Å². The van der Waals surface area contributed by atoms with Gasteiger partial charge in [-0.1, -0.05) is 12.1 Å². The molecule has 1 atom stereocenters. The van der Waals surface area contributed by atoms with Gasteiger partial charge in [-0.25, -0.2) is 27.2 Å². The van der Waals surface area contributed by atoms with E-state index in [2.05, 4.69) is 25.5 Å². The summed E-state index contributed by atoms with van der Waals surface area (Å²) in [5.74, 6) is -3.15. The minimum Gasteiger partial charge on any atom is -0.369 e. The Kier molecular flexibility index (Phi) is 6.75. The van der Waals surface area contributed by atoms with Crippen LogP contribution in [0.3, 0.4) is 0 Å². The first kappa shape index (κ1) is 24.7. The molecule has 0 aliphatic carbocycles. The quantitative estimate of drug-likeness (QED) is 0.514. The van der Waals surface area contributed by atoms with E-state index in [1.54, 1.807) is 12.4 Å². The Balaban J connectivity index is 1.35. The van der Waals surface area contributed by atoms with Gasteiger partial charge in [0, 0.05) is 75.9 Å². The smallest absolute Gasteiger partial charge is 0.255 e. The van der Waals surface area contributed by atoms with Crippen LogP contribution < -0.4 is 15.5 Å². The molecule has 1 aromatic carbocycles. The third kappa shape index (κ3) is 5.25. The summed E-state index contributed by atoms with van der Waals surface area (Å²) in [6.07, 6.45) is 4.21. The predicted molar refractivity (Wildman–Crippen MR) is 136 cm³/mol. The molecule has 2 aliphatic heterocycles. The number of piperazine rings is 1. The highest BCUT2D eigenvalue weighted by Gasteiger charge is 2.41. The van der Waals surface area contributed by atoms with Gasteiger partial charge in [0.15, 0.2) is 5.82 Å². The van der Waals surface area contributed by atoms with Crippen LogP contribution in [0.25, 0.3) is 22.3 Å². The monoisotopic (exact) mass is 517 g/mol. The van der Waals surface area contributed by atoms with Crippen molar-refractivity contribution >= 4 is 32.6 Å². The van der Waals surface area contributed by atoms with Crippen LogP contribution in [0.1, 0.15) is 6.42 Å². The van der Waals surface area contributed by atoms with Crippen molar-refractivity contribution in [1.29, 1.82) is 0 Å². The number of alkyl halides is 2. The lowest BCUT2D eigenvalue weighted by molar-refractivity contribution is -0.0728. The Morgan fingerprint density at radius 2 is 1.83 bits per heavy atom. The number of aromatic nitrogens is 3. The number of piperidine rings is 1. The van der Waals surface area contributed by atoms with Crippen molar-refractivity contribution in [2.24, 2.45) is 5.92 Å². The van der Waals surface area contributed by atoms with E-state index in [1.807, 2.05) is 30.3 Å². The minimum absolute atomic E-state index is 0.0700. The number of nitrogens with zero attached hydrogens (tertiary/aromatic N) is 5. The second-order valence-corrected chi connectivity index (χ2v) is 11.3. The van der Waals surface area contributed by atoms with Crippen LogP contribution in [0.2, 0.25) is 0 Å². The Labute approximate surface area is 209 Å². The topological polar surface area (TPSA) is 103 Å². The summed E-state index contributed by atoms with van der Waals surface area (Å²) in [4.78, 5) is 15.6. The summed E-state index contributed by atoms with van der Waals surface area (Å²) < 4.78 is 53.7. The number of rotatable bonds is 6. The van der Waals surface area contributed by atoms with Gasteiger partial charge in [-0.05, 0) is 18.2 Å². The molecule has 3 aromatic rings. The number of sulfonamides is 1. The molecule has 2 saturated heterocycles. The summed E-state index contributed by atoms with van der Waals surface area (Å²) >= 11 is 0. The summed E-state index contributed by atoms with van der Waals surface area (Å²) in [5.41, 5.74) is 3.67.